The number of hydrogen-bond donors (Lipinski definition) is 2. The van der Waals surface area contributed by atoms with E-state index in [1.165, 1.54) is 25.2 Å². The predicted octanol–water partition coefficient (Wildman–Crippen LogP) is 2.69. The van der Waals surface area contributed by atoms with Gasteiger partial charge in [-0.25, -0.2) is 9.97 Å². The van der Waals surface area contributed by atoms with E-state index in [1.807, 2.05) is 24.3 Å². The van der Waals surface area contributed by atoms with Crippen LogP contribution in [0.1, 0.15) is 42.0 Å². The van der Waals surface area contributed by atoms with Crippen molar-refractivity contribution in [1.29, 1.82) is 0 Å². The number of carbonyl (C=O) groups excluding carboxylic acids is 1. The maximum atomic E-state index is 12.3. The highest BCUT2D eigenvalue weighted by molar-refractivity contribution is 6.05. The van der Waals surface area contributed by atoms with Crippen molar-refractivity contribution in [3.05, 3.63) is 48.2 Å². The number of nitrogens with one attached hydrogen (secondary N) is 1. The third-order valence-corrected chi connectivity index (χ3v) is 4.70. The van der Waals surface area contributed by atoms with Crippen LogP contribution in [0.15, 0.2) is 36.7 Å². The van der Waals surface area contributed by atoms with Gasteiger partial charge in [0.2, 0.25) is 0 Å². The van der Waals surface area contributed by atoms with Crippen LogP contribution in [0.5, 0.6) is 0 Å². The lowest BCUT2D eigenvalue weighted by molar-refractivity contribution is 0.102. The molecule has 2 aromatic heterocycles. The van der Waals surface area contributed by atoms with Crippen molar-refractivity contribution in [2.24, 2.45) is 0 Å². The fourth-order valence-corrected chi connectivity index (χ4v) is 3.29. The summed E-state index contributed by atoms with van der Waals surface area (Å²) in [7, 11) is 0. The van der Waals surface area contributed by atoms with Gasteiger partial charge in [0, 0.05) is 36.6 Å². The van der Waals surface area contributed by atoms with Gasteiger partial charge in [-0.2, -0.15) is 0 Å². The molecule has 0 aliphatic carbocycles. The van der Waals surface area contributed by atoms with Crippen LogP contribution in [0.2, 0.25) is 0 Å². The SMILES string of the molecule is Nc1nccnc1C(=O)Nc1ccc(-c2nnc3n2CCCCCC3)cc1. The van der Waals surface area contributed by atoms with Crippen molar-refractivity contribution in [1.82, 2.24) is 24.7 Å². The molecule has 1 aliphatic rings. The third-order valence-electron chi connectivity index (χ3n) is 4.70. The number of hydrogen-bond acceptors (Lipinski definition) is 6. The van der Waals surface area contributed by atoms with Crippen molar-refractivity contribution in [2.75, 3.05) is 11.1 Å². The van der Waals surface area contributed by atoms with Gasteiger partial charge in [0.25, 0.3) is 5.91 Å². The average Bonchev–Trinajstić information content (AvgIpc) is 3.04. The van der Waals surface area contributed by atoms with Gasteiger partial charge in [-0.05, 0) is 37.1 Å². The molecule has 1 aliphatic heterocycles. The Balaban J connectivity index is 1.53. The number of nitrogen functional groups attached to an aromatic ring is 1. The number of aromatic nitrogens is 5. The van der Waals surface area contributed by atoms with Gasteiger partial charge >= 0.3 is 0 Å². The minimum atomic E-state index is -0.388. The van der Waals surface area contributed by atoms with Crippen LogP contribution in [0.3, 0.4) is 0 Å². The van der Waals surface area contributed by atoms with E-state index in [-0.39, 0.29) is 17.4 Å². The second-order valence-corrected chi connectivity index (χ2v) is 6.58. The summed E-state index contributed by atoms with van der Waals surface area (Å²) in [5, 5.41) is 11.5. The van der Waals surface area contributed by atoms with E-state index >= 15 is 0 Å². The number of nitrogens with zero attached hydrogens (tertiary/aromatic N) is 5. The van der Waals surface area contributed by atoms with E-state index in [2.05, 4.69) is 30.0 Å². The molecule has 3 heterocycles. The van der Waals surface area contributed by atoms with Gasteiger partial charge in [-0.1, -0.05) is 12.8 Å². The molecule has 1 amide bonds. The Bertz CT molecular complexity index is 949. The van der Waals surface area contributed by atoms with Gasteiger partial charge in [-0.15, -0.1) is 10.2 Å². The summed E-state index contributed by atoms with van der Waals surface area (Å²) in [6.45, 7) is 0.947. The Labute approximate surface area is 156 Å². The highest BCUT2D eigenvalue weighted by Gasteiger charge is 2.16. The quantitative estimate of drug-likeness (QED) is 0.740. The third kappa shape index (κ3) is 3.64. The molecule has 0 radical (unpaired) electrons. The molecule has 0 spiro atoms. The summed E-state index contributed by atoms with van der Waals surface area (Å²) in [5.74, 6) is 1.65. The number of aryl methyl sites for hydroxylation is 1. The van der Waals surface area contributed by atoms with Crippen LogP contribution >= 0.6 is 0 Å². The zero-order valence-corrected chi connectivity index (χ0v) is 14.9. The van der Waals surface area contributed by atoms with Crippen molar-refractivity contribution >= 4 is 17.4 Å². The first-order valence-corrected chi connectivity index (χ1v) is 9.13. The monoisotopic (exact) mass is 363 g/mol. The lowest BCUT2D eigenvalue weighted by atomic mass is 10.1. The number of nitrogens with two attached hydrogens (primary N) is 1. The topological polar surface area (TPSA) is 112 Å². The fraction of sp³-hybridized carbons (Fsp3) is 0.316. The largest absolute Gasteiger partial charge is 0.382 e. The van der Waals surface area contributed by atoms with E-state index in [0.29, 0.717) is 5.69 Å². The second kappa shape index (κ2) is 7.53. The zero-order valence-electron chi connectivity index (χ0n) is 14.9. The Kier molecular flexibility index (Phi) is 4.78. The van der Waals surface area contributed by atoms with Gasteiger partial charge in [0.1, 0.15) is 5.82 Å². The van der Waals surface area contributed by atoms with Crippen molar-refractivity contribution in [3.63, 3.8) is 0 Å². The van der Waals surface area contributed by atoms with Gasteiger partial charge in [0.05, 0.1) is 0 Å². The summed E-state index contributed by atoms with van der Waals surface area (Å²) in [4.78, 5) is 20.1. The fourth-order valence-electron chi connectivity index (χ4n) is 3.29. The first-order valence-electron chi connectivity index (χ1n) is 9.13. The van der Waals surface area contributed by atoms with Gasteiger partial charge in [-0.3, -0.25) is 4.79 Å². The lowest BCUT2D eigenvalue weighted by Gasteiger charge is -2.13. The first-order chi connectivity index (χ1) is 13.2. The molecule has 0 bridgehead atoms. The lowest BCUT2D eigenvalue weighted by Crippen LogP contribution is -2.16. The number of fused-ring (bicyclic) bond motifs is 1. The number of anilines is 2. The molecular weight excluding hydrogens is 342 g/mol. The smallest absolute Gasteiger partial charge is 0.278 e. The van der Waals surface area contributed by atoms with Crippen LogP contribution in [-0.2, 0) is 13.0 Å². The molecule has 0 atom stereocenters. The van der Waals surface area contributed by atoms with Gasteiger partial charge < -0.3 is 15.6 Å². The molecule has 27 heavy (non-hydrogen) atoms. The van der Waals surface area contributed by atoms with Crippen molar-refractivity contribution in [3.8, 4) is 11.4 Å². The standard InChI is InChI=1S/C19H21N7O/c20-17-16(21-10-11-22-17)19(27)23-14-8-6-13(7-9-14)18-25-24-15-5-3-1-2-4-12-26(15)18/h6-11H,1-5,12H2,(H2,20,22)(H,23,27). The van der Waals surface area contributed by atoms with Crippen molar-refractivity contribution < 1.29 is 4.79 Å². The van der Waals surface area contributed by atoms with Crippen LogP contribution in [-0.4, -0.2) is 30.6 Å². The molecule has 1 aromatic carbocycles. The predicted molar refractivity (Wildman–Crippen MR) is 102 cm³/mol. The van der Waals surface area contributed by atoms with Crippen LogP contribution in [0, 0.1) is 0 Å². The first kappa shape index (κ1) is 17.1. The Morgan fingerprint density at radius 2 is 1.78 bits per heavy atom. The molecule has 0 saturated heterocycles. The second-order valence-electron chi connectivity index (χ2n) is 6.58. The van der Waals surface area contributed by atoms with Gasteiger partial charge in [0.15, 0.2) is 17.3 Å². The number of benzene rings is 1. The summed E-state index contributed by atoms with van der Waals surface area (Å²) in [6, 6.07) is 7.55. The Morgan fingerprint density at radius 3 is 2.59 bits per heavy atom. The van der Waals surface area contributed by atoms with Crippen LogP contribution < -0.4 is 11.1 Å². The minimum Gasteiger partial charge on any atom is -0.382 e. The van der Waals surface area contributed by atoms with E-state index in [0.717, 1.165) is 43.0 Å². The molecule has 3 N–H and O–H groups in total. The van der Waals surface area contributed by atoms with Crippen molar-refractivity contribution in [2.45, 2.75) is 38.6 Å². The maximum Gasteiger partial charge on any atom is 0.278 e. The highest BCUT2D eigenvalue weighted by atomic mass is 16.1. The molecule has 0 saturated carbocycles. The molecule has 8 nitrogen and oxygen atoms in total. The number of rotatable bonds is 3. The molecule has 0 fully saturated rings. The molecule has 4 rings (SSSR count). The van der Waals surface area contributed by atoms with E-state index < -0.39 is 0 Å². The van der Waals surface area contributed by atoms with E-state index in [9.17, 15) is 4.79 Å². The zero-order chi connectivity index (χ0) is 18.6. The van der Waals surface area contributed by atoms with Crippen LogP contribution in [0.25, 0.3) is 11.4 Å². The summed E-state index contributed by atoms with van der Waals surface area (Å²) in [5.41, 5.74) is 7.44. The highest BCUT2D eigenvalue weighted by Crippen LogP contribution is 2.24. The summed E-state index contributed by atoms with van der Waals surface area (Å²) in [6.07, 6.45) is 8.67. The molecule has 3 aromatic rings. The molecule has 138 valence electrons. The molecular formula is C19H21N7O. The normalized spacial score (nSPS) is 14.1. The average molecular weight is 363 g/mol. The molecule has 0 unspecified atom stereocenters. The summed E-state index contributed by atoms with van der Waals surface area (Å²) < 4.78 is 2.22. The maximum absolute atomic E-state index is 12.3. The summed E-state index contributed by atoms with van der Waals surface area (Å²) >= 11 is 0. The molecule has 8 heteroatoms. The number of carbonyl (C=O) groups is 1. The number of amides is 1. The minimum absolute atomic E-state index is 0.105. The van der Waals surface area contributed by atoms with E-state index in [1.54, 1.807) is 0 Å². The van der Waals surface area contributed by atoms with Crippen LogP contribution in [0.4, 0.5) is 11.5 Å². The Hall–Kier alpha value is -3.29. The van der Waals surface area contributed by atoms with E-state index in [4.69, 9.17) is 5.73 Å². The Morgan fingerprint density at radius 1 is 1.00 bits per heavy atom.